The van der Waals surface area contributed by atoms with Crippen molar-refractivity contribution in [3.05, 3.63) is 39.4 Å². The Hall–Kier alpha value is -1.13. The zero-order valence-electron chi connectivity index (χ0n) is 9.83. The molecule has 1 aromatic carbocycles. The Bertz CT molecular complexity index is 586. The average Bonchev–Trinajstić information content (AvgIpc) is 2.65. The van der Waals surface area contributed by atoms with E-state index in [1.54, 1.807) is 0 Å². The number of hydrogen-bond donors (Lipinski definition) is 1. The van der Waals surface area contributed by atoms with Gasteiger partial charge in [-0.3, -0.25) is 9.67 Å². The number of aromatic amines is 1. The predicted molar refractivity (Wildman–Crippen MR) is 72.5 cm³/mol. The standard InChI is InChI=1S/C12H14ClN3S/c1-3-5-11-14-15-12(17)16(11)10-7-4-6-9(13)8(10)2/h4,6-7H,3,5H2,1-2H3,(H,15,17). The molecule has 0 radical (unpaired) electrons. The van der Waals surface area contributed by atoms with E-state index in [1.807, 2.05) is 29.7 Å². The first-order valence-corrected chi connectivity index (χ1v) is 6.35. The summed E-state index contributed by atoms with van der Waals surface area (Å²) in [5.41, 5.74) is 2.02. The number of benzene rings is 1. The van der Waals surface area contributed by atoms with Crippen LogP contribution in [-0.4, -0.2) is 14.8 Å². The SMILES string of the molecule is CCCc1n[nH]c(=S)n1-c1cccc(Cl)c1C. The second-order valence-electron chi connectivity index (χ2n) is 3.91. The summed E-state index contributed by atoms with van der Waals surface area (Å²) in [5.74, 6) is 0.947. The molecular formula is C12H14ClN3S. The number of H-pyrrole nitrogens is 1. The van der Waals surface area contributed by atoms with Gasteiger partial charge in [-0.15, -0.1) is 0 Å². The van der Waals surface area contributed by atoms with E-state index in [2.05, 4.69) is 17.1 Å². The fraction of sp³-hybridized carbons (Fsp3) is 0.333. The molecule has 0 spiro atoms. The smallest absolute Gasteiger partial charge is 0.199 e. The lowest BCUT2D eigenvalue weighted by Crippen LogP contribution is -2.03. The van der Waals surface area contributed by atoms with E-state index in [9.17, 15) is 0 Å². The van der Waals surface area contributed by atoms with Gasteiger partial charge in [0.05, 0.1) is 5.69 Å². The van der Waals surface area contributed by atoms with Gasteiger partial charge in [0, 0.05) is 11.4 Å². The van der Waals surface area contributed by atoms with Crippen LogP contribution in [0.2, 0.25) is 5.02 Å². The van der Waals surface area contributed by atoms with E-state index in [4.69, 9.17) is 23.8 Å². The van der Waals surface area contributed by atoms with Gasteiger partial charge >= 0.3 is 0 Å². The van der Waals surface area contributed by atoms with Crippen molar-refractivity contribution in [2.75, 3.05) is 0 Å². The third kappa shape index (κ3) is 2.28. The third-order valence-electron chi connectivity index (χ3n) is 2.70. The maximum atomic E-state index is 6.13. The molecule has 1 heterocycles. The van der Waals surface area contributed by atoms with Gasteiger partial charge in [-0.1, -0.05) is 24.6 Å². The molecule has 0 unspecified atom stereocenters. The summed E-state index contributed by atoms with van der Waals surface area (Å²) in [6.45, 7) is 4.11. The van der Waals surface area contributed by atoms with Crippen molar-refractivity contribution < 1.29 is 0 Å². The number of nitrogens with one attached hydrogen (secondary N) is 1. The fourth-order valence-corrected chi connectivity index (χ4v) is 2.23. The molecule has 1 aromatic heterocycles. The zero-order chi connectivity index (χ0) is 12.4. The first kappa shape index (κ1) is 12.3. The van der Waals surface area contributed by atoms with Crippen LogP contribution in [0.4, 0.5) is 0 Å². The lowest BCUT2D eigenvalue weighted by Gasteiger charge is -2.10. The van der Waals surface area contributed by atoms with Crippen LogP contribution in [0.1, 0.15) is 24.7 Å². The Morgan fingerprint density at radius 1 is 1.47 bits per heavy atom. The van der Waals surface area contributed by atoms with Gasteiger partial charge in [0.15, 0.2) is 4.77 Å². The van der Waals surface area contributed by atoms with E-state index in [0.29, 0.717) is 4.77 Å². The van der Waals surface area contributed by atoms with Gasteiger partial charge in [0.25, 0.3) is 0 Å². The normalized spacial score (nSPS) is 10.8. The maximum Gasteiger partial charge on any atom is 0.199 e. The van der Waals surface area contributed by atoms with Crippen molar-refractivity contribution >= 4 is 23.8 Å². The number of halogens is 1. The molecule has 0 fully saturated rings. The van der Waals surface area contributed by atoms with Crippen LogP contribution in [0.25, 0.3) is 5.69 Å². The van der Waals surface area contributed by atoms with E-state index in [-0.39, 0.29) is 0 Å². The van der Waals surface area contributed by atoms with Crippen molar-refractivity contribution in [1.82, 2.24) is 14.8 Å². The van der Waals surface area contributed by atoms with Gasteiger partial charge in [-0.25, -0.2) is 0 Å². The van der Waals surface area contributed by atoms with Crippen molar-refractivity contribution in [1.29, 1.82) is 0 Å². The van der Waals surface area contributed by atoms with E-state index < -0.39 is 0 Å². The summed E-state index contributed by atoms with van der Waals surface area (Å²) in [5, 5.41) is 7.84. The summed E-state index contributed by atoms with van der Waals surface area (Å²) in [6.07, 6.45) is 1.92. The van der Waals surface area contributed by atoms with Gasteiger partial charge in [-0.2, -0.15) is 5.10 Å². The van der Waals surface area contributed by atoms with Crippen molar-refractivity contribution in [3.63, 3.8) is 0 Å². The monoisotopic (exact) mass is 267 g/mol. The molecule has 90 valence electrons. The van der Waals surface area contributed by atoms with Gasteiger partial charge in [0.1, 0.15) is 5.82 Å². The molecule has 3 nitrogen and oxygen atoms in total. The van der Waals surface area contributed by atoms with Gasteiger partial charge in [0.2, 0.25) is 0 Å². The highest BCUT2D eigenvalue weighted by Gasteiger charge is 2.10. The molecule has 0 bridgehead atoms. The van der Waals surface area contributed by atoms with E-state index in [0.717, 1.165) is 34.9 Å². The maximum absolute atomic E-state index is 6.13. The number of aromatic nitrogens is 3. The molecule has 2 rings (SSSR count). The van der Waals surface area contributed by atoms with Crippen molar-refractivity contribution in [3.8, 4) is 5.69 Å². The van der Waals surface area contributed by atoms with Gasteiger partial charge < -0.3 is 0 Å². The second kappa shape index (κ2) is 5.02. The van der Waals surface area contributed by atoms with Crippen LogP contribution in [0, 0.1) is 11.7 Å². The first-order valence-electron chi connectivity index (χ1n) is 5.57. The third-order valence-corrected chi connectivity index (χ3v) is 3.38. The van der Waals surface area contributed by atoms with Crippen LogP contribution in [0.15, 0.2) is 18.2 Å². The summed E-state index contributed by atoms with van der Waals surface area (Å²) in [6, 6.07) is 5.81. The molecule has 0 aliphatic heterocycles. The molecule has 0 aliphatic rings. The van der Waals surface area contributed by atoms with Crippen LogP contribution in [0.3, 0.4) is 0 Å². The lowest BCUT2D eigenvalue weighted by molar-refractivity contribution is 0.799. The number of aryl methyl sites for hydroxylation is 1. The largest absolute Gasteiger partial charge is 0.272 e. The van der Waals surface area contributed by atoms with Crippen LogP contribution >= 0.6 is 23.8 Å². The topological polar surface area (TPSA) is 33.6 Å². The van der Waals surface area contributed by atoms with E-state index in [1.165, 1.54) is 0 Å². The number of hydrogen-bond acceptors (Lipinski definition) is 2. The van der Waals surface area contributed by atoms with Crippen LogP contribution in [0.5, 0.6) is 0 Å². The summed E-state index contributed by atoms with van der Waals surface area (Å²) < 4.78 is 2.57. The lowest BCUT2D eigenvalue weighted by atomic mass is 10.2. The number of rotatable bonds is 3. The fourth-order valence-electron chi connectivity index (χ4n) is 1.81. The molecule has 5 heteroatoms. The Morgan fingerprint density at radius 3 is 2.94 bits per heavy atom. The molecule has 0 atom stereocenters. The highest BCUT2D eigenvalue weighted by Crippen LogP contribution is 2.23. The molecular weight excluding hydrogens is 254 g/mol. The van der Waals surface area contributed by atoms with Crippen LogP contribution in [-0.2, 0) is 6.42 Å². The zero-order valence-corrected chi connectivity index (χ0v) is 11.4. The summed E-state index contributed by atoms with van der Waals surface area (Å²) >= 11 is 11.4. The van der Waals surface area contributed by atoms with E-state index >= 15 is 0 Å². The molecule has 0 saturated heterocycles. The molecule has 17 heavy (non-hydrogen) atoms. The Morgan fingerprint density at radius 2 is 2.24 bits per heavy atom. The molecule has 0 saturated carbocycles. The minimum atomic E-state index is 0.610. The summed E-state index contributed by atoms with van der Waals surface area (Å²) in [4.78, 5) is 0. The highest BCUT2D eigenvalue weighted by atomic mass is 35.5. The van der Waals surface area contributed by atoms with Crippen LogP contribution < -0.4 is 0 Å². The average molecular weight is 268 g/mol. The molecule has 1 N–H and O–H groups in total. The van der Waals surface area contributed by atoms with Crippen molar-refractivity contribution in [2.24, 2.45) is 0 Å². The minimum absolute atomic E-state index is 0.610. The molecule has 0 amide bonds. The first-order chi connectivity index (χ1) is 8.15. The highest BCUT2D eigenvalue weighted by molar-refractivity contribution is 7.71. The minimum Gasteiger partial charge on any atom is -0.272 e. The van der Waals surface area contributed by atoms with Crippen molar-refractivity contribution in [2.45, 2.75) is 26.7 Å². The molecule has 0 aliphatic carbocycles. The Balaban J connectivity index is 2.63. The summed E-state index contributed by atoms with van der Waals surface area (Å²) in [7, 11) is 0. The number of nitrogens with zero attached hydrogens (tertiary/aromatic N) is 2. The Kier molecular flexibility index (Phi) is 3.64. The van der Waals surface area contributed by atoms with Gasteiger partial charge in [-0.05, 0) is 43.3 Å². The predicted octanol–water partition coefficient (Wildman–Crippen LogP) is 3.84. The quantitative estimate of drug-likeness (QED) is 0.857. The molecule has 2 aromatic rings. The second-order valence-corrected chi connectivity index (χ2v) is 4.71. The Labute approximate surface area is 110 Å².